The minimum atomic E-state index is -4.78. The van der Waals surface area contributed by atoms with Crippen molar-refractivity contribution in [3.63, 3.8) is 0 Å². The van der Waals surface area contributed by atoms with E-state index >= 15 is 0 Å². The monoisotopic (exact) mass is 831 g/mol. The highest BCUT2D eigenvalue weighted by Gasteiger charge is 2.22. The van der Waals surface area contributed by atoms with Gasteiger partial charge in [0.15, 0.2) is 6.10 Å². The molecule has 1 atom stereocenters. The number of unbranched alkanes of at least 4 members (excludes halogenated alkanes) is 17. The Morgan fingerprint density at radius 2 is 0.862 bits per heavy atom. The molecule has 0 aliphatic heterocycles. The minimum absolute atomic E-state index is 0.138. The molecule has 0 spiro atoms. The normalized spacial score (nSPS) is 13.2. The first kappa shape index (κ1) is 55.2. The van der Waals surface area contributed by atoms with Crippen LogP contribution in [-0.4, -0.2) is 41.0 Å². The number of hydrogen-bond acceptors (Lipinski definition) is 6. The summed E-state index contributed by atoms with van der Waals surface area (Å²) in [6.45, 7) is 3.51. The second-order valence-corrected chi connectivity index (χ2v) is 16.2. The van der Waals surface area contributed by atoms with Gasteiger partial charge in [-0.3, -0.25) is 14.1 Å². The zero-order chi connectivity index (χ0) is 42.5. The lowest BCUT2D eigenvalue weighted by Gasteiger charge is -2.18. The van der Waals surface area contributed by atoms with E-state index in [0.29, 0.717) is 12.8 Å². The highest BCUT2D eigenvalue weighted by atomic mass is 31.2. The number of allylic oxidation sites excluding steroid dienone is 14. The maximum atomic E-state index is 12.4. The standard InChI is InChI=1S/C49H83O8P/c1-3-5-7-9-11-13-15-17-19-21-23-24-26-28-30-32-34-36-38-40-42-44-49(51)57-47(46-56-58(52,53)54)45-55-48(50)43-41-39-37-35-33-31-29-27-25-22-20-18-16-14-12-10-8-6-4-2/h6,8,12,14,17-20,25,27,31,33,37,39,47H,3-5,7,9-11,13,15-16,21-24,26,28-30,32,34-36,38,40-46H2,1-2H3,(H2,52,53,54)/b8-6-,14-12-,19-17-,20-18-,27-25-,33-31-,39-37-/t47-/m1/s1. The molecule has 2 N–H and O–H groups in total. The number of esters is 2. The molecule has 0 amide bonds. The van der Waals surface area contributed by atoms with Crippen molar-refractivity contribution in [2.45, 2.75) is 200 Å². The molecule has 0 bridgehead atoms. The van der Waals surface area contributed by atoms with Gasteiger partial charge in [0.05, 0.1) is 6.61 Å². The predicted molar refractivity (Wildman–Crippen MR) is 243 cm³/mol. The fourth-order valence-corrected chi connectivity index (χ4v) is 6.40. The fraction of sp³-hybridized carbons (Fsp3) is 0.673. The Morgan fingerprint density at radius 3 is 1.31 bits per heavy atom. The zero-order valence-electron chi connectivity index (χ0n) is 36.7. The number of rotatable bonds is 41. The molecule has 0 aliphatic carbocycles. The topological polar surface area (TPSA) is 119 Å². The molecule has 0 radical (unpaired) electrons. The van der Waals surface area contributed by atoms with E-state index in [0.717, 1.165) is 57.8 Å². The molecule has 8 nitrogen and oxygen atoms in total. The smallest absolute Gasteiger partial charge is 0.462 e. The summed E-state index contributed by atoms with van der Waals surface area (Å²) in [5.41, 5.74) is 0. The van der Waals surface area contributed by atoms with Gasteiger partial charge >= 0.3 is 19.8 Å². The van der Waals surface area contributed by atoms with Gasteiger partial charge in [-0.05, 0) is 77.0 Å². The maximum absolute atomic E-state index is 12.4. The lowest BCUT2D eigenvalue weighted by molar-refractivity contribution is -0.161. The molecular formula is C49H83O8P. The van der Waals surface area contributed by atoms with Crippen molar-refractivity contribution in [1.82, 2.24) is 0 Å². The number of phosphoric ester groups is 1. The van der Waals surface area contributed by atoms with Gasteiger partial charge in [0.2, 0.25) is 0 Å². The Kier molecular flexibility index (Phi) is 41.7. The number of carbonyl (C=O) groups excluding carboxylic acids is 2. The van der Waals surface area contributed by atoms with Crippen molar-refractivity contribution < 1.29 is 37.9 Å². The van der Waals surface area contributed by atoms with Crippen molar-refractivity contribution in [2.75, 3.05) is 13.2 Å². The largest absolute Gasteiger partial charge is 0.469 e. The minimum Gasteiger partial charge on any atom is -0.462 e. The second-order valence-electron chi connectivity index (χ2n) is 15.0. The molecule has 0 unspecified atom stereocenters. The van der Waals surface area contributed by atoms with Gasteiger partial charge in [0.1, 0.15) is 6.61 Å². The van der Waals surface area contributed by atoms with E-state index in [2.05, 4.69) is 91.3 Å². The summed E-state index contributed by atoms with van der Waals surface area (Å²) in [6, 6.07) is 0. The van der Waals surface area contributed by atoms with Crippen molar-refractivity contribution in [3.05, 3.63) is 85.1 Å². The second kappa shape index (κ2) is 43.8. The highest BCUT2D eigenvalue weighted by Crippen LogP contribution is 2.36. The van der Waals surface area contributed by atoms with Crippen LogP contribution in [0.2, 0.25) is 0 Å². The van der Waals surface area contributed by atoms with Crippen LogP contribution < -0.4 is 0 Å². The molecule has 0 saturated heterocycles. The van der Waals surface area contributed by atoms with E-state index in [-0.39, 0.29) is 19.4 Å². The molecule has 0 saturated carbocycles. The average molecular weight is 831 g/mol. The maximum Gasteiger partial charge on any atom is 0.469 e. The molecule has 58 heavy (non-hydrogen) atoms. The average Bonchev–Trinajstić information content (AvgIpc) is 3.20. The summed E-state index contributed by atoms with van der Waals surface area (Å²) in [4.78, 5) is 42.9. The van der Waals surface area contributed by atoms with Gasteiger partial charge in [-0.1, -0.05) is 189 Å². The van der Waals surface area contributed by atoms with Gasteiger partial charge in [-0.2, -0.15) is 0 Å². The van der Waals surface area contributed by atoms with Crippen LogP contribution in [0.15, 0.2) is 85.1 Å². The third-order valence-electron chi connectivity index (χ3n) is 9.41. The van der Waals surface area contributed by atoms with E-state index in [4.69, 9.17) is 19.3 Å². The molecule has 0 rings (SSSR count). The Morgan fingerprint density at radius 1 is 0.466 bits per heavy atom. The quantitative estimate of drug-likeness (QED) is 0.0271. The Balaban J connectivity index is 3.99. The number of phosphoric acid groups is 1. The highest BCUT2D eigenvalue weighted by molar-refractivity contribution is 7.46. The van der Waals surface area contributed by atoms with E-state index < -0.39 is 32.5 Å². The van der Waals surface area contributed by atoms with E-state index in [1.54, 1.807) is 0 Å². The summed E-state index contributed by atoms with van der Waals surface area (Å²) >= 11 is 0. The van der Waals surface area contributed by atoms with Gasteiger partial charge < -0.3 is 19.3 Å². The Hall–Kier alpha value is -2.77. The van der Waals surface area contributed by atoms with Gasteiger partial charge in [-0.25, -0.2) is 4.57 Å². The lowest BCUT2D eigenvalue weighted by Crippen LogP contribution is -2.29. The first-order valence-corrected chi connectivity index (χ1v) is 24.4. The van der Waals surface area contributed by atoms with Crippen LogP contribution in [0, 0.1) is 0 Å². The summed E-state index contributed by atoms with van der Waals surface area (Å²) in [5.74, 6) is -0.986. The molecule has 9 heteroatoms. The summed E-state index contributed by atoms with van der Waals surface area (Å²) in [7, 11) is -4.78. The number of ether oxygens (including phenoxy) is 2. The Bertz CT molecular complexity index is 1210. The zero-order valence-corrected chi connectivity index (χ0v) is 37.6. The number of hydrogen-bond donors (Lipinski definition) is 2. The van der Waals surface area contributed by atoms with E-state index in [1.165, 1.54) is 96.3 Å². The van der Waals surface area contributed by atoms with Crippen LogP contribution in [0.3, 0.4) is 0 Å². The fourth-order valence-electron chi connectivity index (χ4n) is 6.04. The van der Waals surface area contributed by atoms with Crippen LogP contribution in [0.4, 0.5) is 0 Å². The third-order valence-corrected chi connectivity index (χ3v) is 9.90. The molecule has 0 fully saturated rings. The van der Waals surface area contributed by atoms with Crippen molar-refractivity contribution in [2.24, 2.45) is 0 Å². The summed E-state index contributed by atoms with van der Waals surface area (Å²) < 4.78 is 26.4. The van der Waals surface area contributed by atoms with Crippen molar-refractivity contribution >= 4 is 19.8 Å². The van der Waals surface area contributed by atoms with Crippen LogP contribution in [0.5, 0.6) is 0 Å². The SMILES string of the molecule is CC/C=C\C/C=C\C/C=C\C/C=C\C/C=C\C/C=C\CCC(=O)OC[C@H](COP(=O)(O)O)OC(=O)CCCCCCCCCCCCC/C=C\CCCCCCCC. The van der Waals surface area contributed by atoms with Crippen LogP contribution in [0.1, 0.15) is 194 Å². The van der Waals surface area contributed by atoms with Crippen LogP contribution in [-0.2, 0) is 28.2 Å². The van der Waals surface area contributed by atoms with Crippen molar-refractivity contribution in [3.8, 4) is 0 Å². The molecule has 0 aromatic rings. The lowest BCUT2D eigenvalue weighted by atomic mass is 10.0. The van der Waals surface area contributed by atoms with Crippen LogP contribution >= 0.6 is 7.82 Å². The van der Waals surface area contributed by atoms with Gasteiger partial charge in [0.25, 0.3) is 0 Å². The summed E-state index contributed by atoms with van der Waals surface area (Å²) in [6.07, 6.45) is 58.9. The molecule has 0 aromatic heterocycles. The molecule has 0 aliphatic rings. The molecular weight excluding hydrogens is 748 g/mol. The van der Waals surface area contributed by atoms with E-state index in [1.807, 2.05) is 12.2 Å². The van der Waals surface area contributed by atoms with Crippen LogP contribution in [0.25, 0.3) is 0 Å². The van der Waals surface area contributed by atoms with Gasteiger partial charge in [-0.15, -0.1) is 0 Å². The van der Waals surface area contributed by atoms with Crippen molar-refractivity contribution in [1.29, 1.82) is 0 Å². The van der Waals surface area contributed by atoms with E-state index in [9.17, 15) is 14.2 Å². The van der Waals surface area contributed by atoms with Gasteiger partial charge in [0, 0.05) is 12.8 Å². The third kappa shape index (κ3) is 45.9. The summed E-state index contributed by atoms with van der Waals surface area (Å²) in [5, 5.41) is 0. The Labute approximate surface area is 354 Å². The molecule has 0 aromatic carbocycles. The molecule has 332 valence electrons. The first-order chi connectivity index (χ1) is 28.3. The number of carbonyl (C=O) groups is 2. The predicted octanol–water partition coefficient (Wildman–Crippen LogP) is 14.4. The molecule has 0 heterocycles. The first-order valence-electron chi connectivity index (χ1n) is 22.9.